The summed E-state index contributed by atoms with van der Waals surface area (Å²) in [5.74, 6) is 0.595. The molecule has 0 aromatic heterocycles. The van der Waals surface area contributed by atoms with Crippen LogP contribution in [0.25, 0.3) is 0 Å². The predicted octanol–water partition coefficient (Wildman–Crippen LogP) is 5.05. The SMILES string of the molecule is C=C/C=C\C(C)(/C=C\SC(C)C)C(C)C. The molecule has 1 unspecified atom stereocenters. The van der Waals surface area contributed by atoms with Crippen LogP contribution >= 0.6 is 11.8 Å². The minimum atomic E-state index is 0.135. The molecule has 0 aliphatic carbocycles. The van der Waals surface area contributed by atoms with Gasteiger partial charge in [-0.05, 0) is 11.3 Å². The maximum Gasteiger partial charge on any atom is 0.00668 e. The summed E-state index contributed by atoms with van der Waals surface area (Å²) < 4.78 is 0. The third kappa shape index (κ3) is 5.88. The molecule has 0 heterocycles. The van der Waals surface area contributed by atoms with Gasteiger partial charge in [-0.3, -0.25) is 0 Å². The maximum absolute atomic E-state index is 3.72. The highest BCUT2D eigenvalue weighted by atomic mass is 32.2. The van der Waals surface area contributed by atoms with Crippen molar-refractivity contribution in [1.82, 2.24) is 0 Å². The largest absolute Gasteiger partial charge is 0.132 e. The molecule has 0 nitrogen and oxygen atoms in total. The van der Waals surface area contributed by atoms with Crippen molar-refractivity contribution >= 4 is 11.8 Å². The van der Waals surface area contributed by atoms with E-state index >= 15 is 0 Å². The summed E-state index contributed by atoms with van der Waals surface area (Å²) in [7, 11) is 0. The molecule has 0 amide bonds. The van der Waals surface area contributed by atoms with Crippen LogP contribution in [0.15, 0.2) is 36.3 Å². The van der Waals surface area contributed by atoms with Crippen molar-refractivity contribution in [2.45, 2.75) is 39.9 Å². The van der Waals surface area contributed by atoms with Gasteiger partial charge in [0.2, 0.25) is 0 Å². The molecule has 0 aromatic rings. The number of thioether (sulfide) groups is 1. The highest BCUT2D eigenvalue weighted by Gasteiger charge is 2.21. The molecule has 0 N–H and O–H groups in total. The Bertz CT molecular complexity index is 236. The lowest BCUT2D eigenvalue weighted by molar-refractivity contribution is 0.383. The van der Waals surface area contributed by atoms with Gasteiger partial charge in [-0.2, -0.15) is 0 Å². The summed E-state index contributed by atoms with van der Waals surface area (Å²) in [5, 5.41) is 2.87. The molecule has 0 aromatic carbocycles. The second kappa shape index (κ2) is 6.95. The molecule has 1 atom stereocenters. The van der Waals surface area contributed by atoms with E-state index in [1.165, 1.54) is 0 Å². The van der Waals surface area contributed by atoms with E-state index in [0.717, 1.165) is 0 Å². The topological polar surface area (TPSA) is 0 Å². The second-order valence-corrected chi connectivity index (χ2v) is 6.09. The van der Waals surface area contributed by atoms with Crippen molar-refractivity contribution in [1.29, 1.82) is 0 Å². The van der Waals surface area contributed by atoms with Crippen molar-refractivity contribution in [3.8, 4) is 0 Å². The number of rotatable bonds is 6. The number of hydrogen-bond acceptors (Lipinski definition) is 1. The Hall–Kier alpha value is -0.430. The van der Waals surface area contributed by atoms with Gasteiger partial charge in [0.25, 0.3) is 0 Å². The van der Waals surface area contributed by atoms with Gasteiger partial charge < -0.3 is 0 Å². The number of hydrogen-bond donors (Lipinski definition) is 0. The molecule has 0 bridgehead atoms. The van der Waals surface area contributed by atoms with Gasteiger partial charge in [0.15, 0.2) is 0 Å². The molecule has 86 valence electrons. The van der Waals surface area contributed by atoms with E-state index in [4.69, 9.17) is 0 Å². The van der Waals surface area contributed by atoms with Crippen molar-refractivity contribution < 1.29 is 0 Å². The fourth-order valence-corrected chi connectivity index (χ4v) is 1.74. The monoisotopic (exact) mass is 224 g/mol. The Labute approximate surface area is 99.5 Å². The fourth-order valence-electron chi connectivity index (χ4n) is 1.06. The van der Waals surface area contributed by atoms with Crippen LogP contribution in [0.2, 0.25) is 0 Å². The lowest BCUT2D eigenvalue weighted by Crippen LogP contribution is -2.17. The highest BCUT2D eigenvalue weighted by molar-refractivity contribution is 8.02. The fraction of sp³-hybridized carbons (Fsp3) is 0.571. The third-order valence-corrected chi connectivity index (χ3v) is 3.45. The Morgan fingerprint density at radius 1 is 1.13 bits per heavy atom. The minimum Gasteiger partial charge on any atom is -0.132 e. The molecule has 0 aliphatic rings. The van der Waals surface area contributed by atoms with Gasteiger partial charge in [0, 0.05) is 10.7 Å². The molecule has 1 heteroatoms. The van der Waals surface area contributed by atoms with Crippen LogP contribution in [0.3, 0.4) is 0 Å². The smallest absolute Gasteiger partial charge is 0.00668 e. The molecule has 0 spiro atoms. The van der Waals surface area contributed by atoms with E-state index < -0.39 is 0 Å². The lowest BCUT2D eigenvalue weighted by atomic mass is 9.79. The summed E-state index contributed by atoms with van der Waals surface area (Å²) in [6, 6.07) is 0. The van der Waals surface area contributed by atoms with Gasteiger partial charge >= 0.3 is 0 Å². The Balaban J connectivity index is 4.58. The van der Waals surface area contributed by atoms with Gasteiger partial charge in [-0.15, -0.1) is 11.8 Å². The Morgan fingerprint density at radius 2 is 1.73 bits per heavy atom. The quantitative estimate of drug-likeness (QED) is 0.569. The first-order valence-corrected chi connectivity index (χ1v) is 6.50. The first-order valence-electron chi connectivity index (χ1n) is 5.56. The third-order valence-electron chi connectivity index (χ3n) is 2.61. The van der Waals surface area contributed by atoms with Crippen LogP contribution in [-0.2, 0) is 0 Å². The zero-order chi connectivity index (χ0) is 11.9. The van der Waals surface area contributed by atoms with E-state index in [1.54, 1.807) is 0 Å². The van der Waals surface area contributed by atoms with Gasteiger partial charge in [0.1, 0.15) is 0 Å². The molecule has 15 heavy (non-hydrogen) atoms. The second-order valence-electron chi connectivity index (χ2n) is 4.60. The Morgan fingerprint density at radius 3 is 2.13 bits per heavy atom. The van der Waals surface area contributed by atoms with Crippen molar-refractivity contribution in [3.05, 3.63) is 36.3 Å². The van der Waals surface area contributed by atoms with Crippen LogP contribution < -0.4 is 0 Å². The summed E-state index contributed by atoms with van der Waals surface area (Å²) >= 11 is 1.87. The van der Waals surface area contributed by atoms with Gasteiger partial charge in [0.05, 0.1) is 0 Å². The summed E-state index contributed by atoms with van der Waals surface area (Å²) in [4.78, 5) is 0. The standard InChI is InChI=1S/C14H24S/c1-7-8-9-14(6,12(2)3)10-11-15-13(4)5/h7-13H,1H2,2-6H3/b9-8-,11-10-. The number of allylic oxidation sites excluding steroid dienone is 4. The summed E-state index contributed by atoms with van der Waals surface area (Å²) in [6.07, 6.45) is 8.39. The minimum absolute atomic E-state index is 0.135. The highest BCUT2D eigenvalue weighted by Crippen LogP contribution is 2.31. The van der Waals surface area contributed by atoms with Crippen molar-refractivity contribution in [3.63, 3.8) is 0 Å². The van der Waals surface area contributed by atoms with Crippen molar-refractivity contribution in [2.75, 3.05) is 0 Å². The lowest BCUT2D eigenvalue weighted by Gasteiger charge is -2.26. The van der Waals surface area contributed by atoms with Gasteiger partial charge in [-0.25, -0.2) is 0 Å². The van der Waals surface area contributed by atoms with E-state index in [1.807, 2.05) is 23.9 Å². The first kappa shape index (κ1) is 14.6. The van der Waals surface area contributed by atoms with Crippen LogP contribution in [0.4, 0.5) is 0 Å². The van der Waals surface area contributed by atoms with Crippen LogP contribution in [0.1, 0.15) is 34.6 Å². The van der Waals surface area contributed by atoms with Crippen LogP contribution in [-0.4, -0.2) is 5.25 Å². The van der Waals surface area contributed by atoms with Crippen molar-refractivity contribution in [2.24, 2.45) is 11.3 Å². The summed E-state index contributed by atoms with van der Waals surface area (Å²) in [5.41, 5.74) is 0.135. The van der Waals surface area contributed by atoms with E-state index in [9.17, 15) is 0 Å². The molecule has 0 saturated carbocycles. The zero-order valence-electron chi connectivity index (χ0n) is 10.7. The first-order chi connectivity index (χ1) is 6.92. The van der Waals surface area contributed by atoms with Crippen LogP contribution in [0, 0.1) is 11.3 Å². The molecular formula is C14H24S. The van der Waals surface area contributed by atoms with E-state index in [-0.39, 0.29) is 5.41 Å². The molecular weight excluding hydrogens is 200 g/mol. The van der Waals surface area contributed by atoms with E-state index in [0.29, 0.717) is 11.2 Å². The molecule has 0 rings (SSSR count). The molecule has 0 saturated heterocycles. The molecule has 0 fully saturated rings. The average Bonchev–Trinajstić information content (AvgIpc) is 2.14. The normalized spacial score (nSPS) is 16.7. The molecule has 0 aliphatic heterocycles. The zero-order valence-corrected chi connectivity index (χ0v) is 11.5. The van der Waals surface area contributed by atoms with Gasteiger partial charge in [-0.1, -0.05) is 65.5 Å². The van der Waals surface area contributed by atoms with Crippen LogP contribution in [0.5, 0.6) is 0 Å². The Kier molecular flexibility index (Phi) is 6.75. The maximum atomic E-state index is 3.72. The summed E-state index contributed by atoms with van der Waals surface area (Å²) in [6.45, 7) is 14.9. The predicted molar refractivity (Wildman–Crippen MR) is 74.1 cm³/mol. The van der Waals surface area contributed by atoms with E-state index in [2.05, 4.69) is 58.8 Å². The molecule has 0 radical (unpaired) electrons. The average molecular weight is 224 g/mol.